The largest absolute Gasteiger partial charge is 0.479 e. The number of amides is 1. The number of hydrogen-bond acceptors (Lipinski definition) is 5. The minimum absolute atomic E-state index is 0.155. The van der Waals surface area contributed by atoms with Crippen LogP contribution in [-0.4, -0.2) is 22.2 Å². The normalized spacial score (nSPS) is 10.7. The van der Waals surface area contributed by atoms with Crippen LogP contribution in [0.1, 0.15) is 12.6 Å². The zero-order chi connectivity index (χ0) is 13.0. The van der Waals surface area contributed by atoms with E-state index in [0.717, 1.165) is 5.56 Å². The summed E-state index contributed by atoms with van der Waals surface area (Å²) in [5.74, 6) is -0.363. The van der Waals surface area contributed by atoms with Crippen molar-refractivity contribution in [1.29, 1.82) is 0 Å². The summed E-state index contributed by atoms with van der Waals surface area (Å²) in [6, 6.07) is 9.15. The smallest absolute Gasteiger partial charge is 0.312 e. The number of oxazole rings is 1. The Morgan fingerprint density at radius 2 is 2.17 bits per heavy atom. The molecular formula is C12H11N3O3. The van der Waals surface area contributed by atoms with E-state index in [9.17, 15) is 9.90 Å². The Morgan fingerprint density at radius 3 is 2.83 bits per heavy atom. The fraction of sp³-hybridized carbons (Fsp3) is 0.0833. The molecule has 0 saturated heterocycles. The third-order valence-electron chi connectivity index (χ3n) is 2.06. The van der Waals surface area contributed by atoms with E-state index in [1.165, 1.54) is 13.1 Å². The van der Waals surface area contributed by atoms with E-state index in [-0.39, 0.29) is 23.4 Å². The van der Waals surface area contributed by atoms with Crippen molar-refractivity contribution >= 4 is 12.1 Å². The molecule has 92 valence electrons. The predicted molar refractivity (Wildman–Crippen MR) is 65.0 cm³/mol. The van der Waals surface area contributed by atoms with Gasteiger partial charge in [-0.3, -0.25) is 4.79 Å². The van der Waals surface area contributed by atoms with E-state index in [2.05, 4.69) is 15.5 Å². The van der Waals surface area contributed by atoms with E-state index in [4.69, 9.17) is 4.42 Å². The van der Waals surface area contributed by atoms with Gasteiger partial charge in [-0.15, -0.1) is 0 Å². The third kappa shape index (κ3) is 2.73. The fourth-order valence-electron chi connectivity index (χ4n) is 1.30. The Kier molecular flexibility index (Phi) is 3.38. The van der Waals surface area contributed by atoms with E-state index < -0.39 is 0 Å². The first-order chi connectivity index (χ1) is 8.66. The van der Waals surface area contributed by atoms with Crippen molar-refractivity contribution in [2.75, 3.05) is 0 Å². The molecule has 2 N–H and O–H groups in total. The molecule has 6 nitrogen and oxygen atoms in total. The number of carbonyl (C=O) groups excluding carboxylic acids is 1. The first-order valence-corrected chi connectivity index (χ1v) is 5.21. The lowest BCUT2D eigenvalue weighted by molar-refractivity contribution is -0.118. The molecule has 1 aromatic carbocycles. The second-order valence-electron chi connectivity index (χ2n) is 3.50. The monoisotopic (exact) mass is 245 g/mol. The highest BCUT2D eigenvalue weighted by Gasteiger charge is 2.11. The van der Waals surface area contributed by atoms with Gasteiger partial charge in [0.2, 0.25) is 11.8 Å². The Bertz CT molecular complexity index is 576. The van der Waals surface area contributed by atoms with E-state index in [1.54, 1.807) is 12.1 Å². The second kappa shape index (κ2) is 5.13. The Morgan fingerprint density at radius 1 is 1.44 bits per heavy atom. The van der Waals surface area contributed by atoms with Crippen LogP contribution in [0.3, 0.4) is 0 Å². The summed E-state index contributed by atoms with van der Waals surface area (Å²) < 4.78 is 5.10. The number of aromatic hydroxyl groups is 1. The van der Waals surface area contributed by atoms with Crippen LogP contribution in [0, 0.1) is 0 Å². The van der Waals surface area contributed by atoms with Crippen LogP contribution in [-0.2, 0) is 4.79 Å². The van der Waals surface area contributed by atoms with Crippen molar-refractivity contribution in [3.05, 3.63) is 36.0 Å². The number of carbonyl (C=O) groups is 1. The molecule has 0 bridgehead atoms. The van der Waals surface area contributed by atoms with Crippen LogP contribution in [0.2, 0.25) is 0 Å². The van der Waals surface area contributed by atoms with Gasteiger partial charge in [0.25, 0.3) is 0 Å². The molecule has 0 fully saturated rings. The van der Waals surface area contributed by atoms with Crippen LogP contribution < -0.4 is 5.43 Å². The van der Waals surface area contributed by atoms with Gasteiger partial charge in [0.05, 0.1) is 6.21 Å². The van der Waals surface area contributed by atoms with Crippen molar-refractivity contribution in [2.45, 2.75) is 6.92 Å². The van der Waals surface area contributed by atoms with Gasteiger partial charge in [0.1, 0.15) is 0 Å². The maximum atomic E-state index is 10.6. The molecule has 1 heterocycles. The Balaban J connectivity index is 2.22. The average molecular weight is 245 g/mol. The van der Waals surface area contributed by atoms with Gasteiger partial charge in [0, 0.05) is 12.5 Å². The molecular weight excluding hydrogens is 234 g/mol. The molecule has 0 radical (unpaired) electrons. The lowest BCUT2D eigenvalue weighted by atomic mass is 10.2. The number of hydrazone groups is 1. The predicted octanol–water partition coefficient (Wildman–Crippen LogP) is 1.52. The maximum Gasteiger partial charge on any atom is 0.312 e. The summed E-state index contributed by atoms with van der Waals surface area (Å²) in [6.45, 7) is 1.33. The van der Waals surface area contributed by atoms with Crippen LogP contribution in [0.25, 0.3) is 11.5 Å². The van der Waals surface area contributed by atoms with Gasteiger partial charge >= 0.3 is 5.95 Å². The third-order valence-corrected chi connectivity index (χ3v) is 2.06. The molecule has 1 aromatic heterocycles. The van der Waals surface area contributed by atoms with Gasteiger partial charge < -0.3 is 9.52 Å². The summed E-state index contributed by atoms with van der Waals surface area (Å²) in [4.78, 5) is 14.7. The molecule has 0 unspecified atom stereocenters. The van der Waals surface area contributed by atoms with Crippen molar-refractivity contribution in [3.63, 3.8) is 0 Å². The molecule has 1 amide bonds. The van der Waals surface area contributed by atoms with E-state index in [1.807, 2.05) is 18.2 Å². The molecule has 0 aliphatic carbocycles. The standard InChI is InChI=1S/C12H11N3O3/c1-8(16)15-13-7-10-12(17)18-11(14-10)9-5-3-2-4-6-9/h2-7,17H,1H3,(H,15,16)/b13-7-. The molecule has 2 rings (SSSR count). The maximum absolute atomic E-state index is 10.6. The van der Waals surface area contributed by atoms with Crippen LogP contribution in [0.5, 0.6) is 5.95 Å². The van der Waals surface area contributed by atoms with Crippen LogP contribution >= 0.6 is 0 Å². The number of nitrogens with one attached hydrogen (secondary N) is 1. The Labute approximate surface area is 103 Å². The molecule has 0 spiro atoms. The van der Waals surface area contributed by atoms with Gasteiger partial charge in [-0.2, -0.15) is 5.10 Å². The van der Waals surface area contributed by atoms with Crippen molar-refractivity contribution in [1.82, 2.24) is 10.4 Å². The summed E-state index contributed by atoms with van der Waals surface area (Å²) in [5.41, 5.74) is 3.11. The molecule has 6 heteroatoms. The molecule has 0 atom stereocenters. The van der Waals surface area contributed by atoms with E-state index in [0.29, 0.717) is 0 Å². The summed E-state index contributed by atoms with van der Waals surface area (Å²) >= 11 is 0. The molecule has 0 saturated carbocycles. The van der Waals surface area contributed by atoms with Gasteiger partial charge in [0.15, 0.2) is 5.69 Å². The number of aromatic nitrogens is 1. The minimum Gasteiger partial charge on any atom is -0.479 e. The summed E-state index contributed by atoms with van der Waals surface area (Å²) in [6.07, 6.45) is 1.21. The number of nitrogens with zero attached hydrogens (tertiary/aromatic N) is 2. The topological polar surface area (TPSA) is 87.7 Å². The highest BCUT2D eigenvalue weighted by molar-refractivity contribution is 5.82. The molecule has 2 aromatic rings. The van der Waals surface area contributed by atoms with Crippen molar-refractivity contribution in [3.8, 4) is 17.4 Å². The lowest BCUT2D eigenvalue weighted by Crippen LogP contribution is -2.12. The van der Waals surface area contributed by atoms with Gasteiger partial charge in [-0.25, -0.2) is 10.4 Å². The molecule has 0 aliphatic heterocycles. The van der Waals surface area contributed by atoms with Crippen LogP contribution in [0.15, 0.2) is 39.9 Å². The van der Waals surface area contributed by atoms with Crippen LogP contribution in [0.4, 0.5) is 0 Å². The highest BCUT2D eigenvalue weighted by Crippen LogP contribution is 2.24. The van der Waals surface area contributed by atoms with Crippen molar-refractivity contribution < 1.29 is 14.3 Å². The fourth-order valence-corrected chi connectivity index (χ4v) is 1.30. The quantitative estimate of drug-likeness (QED) is 0.633. The van der Waals surface area contributed by atoms with Crippen molar-refractivity contribution in [2.24, 2.45) is 5.10 Å². The zero-order valence-corrected chi connectivity index (χ0v) is 9.62. The van der Waals surface area contributed by atoms with Gasteiger partial charge in [-0.1, -0.05) is 18.2 Å². The highest BCUT2D eigenvalue weighted by atomic mass is 16.5. The summed E-state index contributed by atoms with van der Waals surface area (Å²) in [7, 11) is 0. The SMILES string of the molecule is CC(=O)N/N=C\c1nc(-c2ccccc2)oc1O. The molecule has 0 aliphatic rings. The first-order valence-electron chi connectivity index (χ1n) is 5.21. The van der Waals surface area contributed by atoms with Gasteiger partial charge in [-0.05, 0) is 12.1 Å². The van der Waals surface area contributed by atoms with E-state index >= 15 is 0 Å². The first kappa shape index (κ1) is 11.8. The zero-order valence-electron chi connectivity index (χ0n) is 9.62. The number of benzene rings is 1. The number of hydrogen-bond donors (Lipinski definition) is 2. The lowest BCUT2D eigenvalue weighted by Gasteiger charge is -1.91. The summed E-state index contributed by atoms with van der Waals surface area (Å²) in [5, 5.41) is 13.1. The Hall–Kier alpha value is -2.63. The second-order valence-corrected chi connectivity index (χ2v) is 3.50. The molecule has 18 heavy (non-hydrogen) atoms. The average Bonchev–Trinajstić information content (AvgIpc) is 2.72. The minimum atomic E-state index is -0.344. The number of rotatable bonds is 3.